The van der Waals surface area contributed by atoms with Crippen LogP contribution in [0.1, 0.15) is 21.5 Å². The fourth-order valence-corrected chi connectivity index (χ4v) is 3.64. The van der Waals surface area contributed by atoms with Crippen molar-refractivity contribution >= 4 is 16.7 Å². The fourth-order valence-electron chi connectivity index (χ4n) is 3.64. The largest absolute Gasteiger partial charge is 0.457 e. The summed E-state index contributed by atoms with van der Waals surface area (Å²) < 4.78 is 23.1. The maximum Gasteiger partial charge on any atom is 0.338 e. The molecular weight excluding hydrogens is 404 g/mol. The Labute approximate surface area is 186 Å². The van der Waals surface area contributed by atoms with Crippen molar-refractivity contribution in [2.45, 2.75) is 19.5 Å². The second kappa shape index (κ2) is 9.12. The number of rotatable bonds is 7. The van der Waals surface area contributed by atoms with Crippen LogP contribution >= 0.6 is 0 Å². The lowest BCUT2D eigenvalue weighted by Crippen LogP contribution is -2.24. The van der Waals surface area contributed by atoms with E-state index in [1.807, 2.05) is 84.9 Å². The third-order valence-electron chi connectivity index (χ3n) is 5.26. The summed E-state index contributed by atoms with van der Waals surface area (Å²) in [6.07, 6.45) is -0.505. The average molecular weight is 426 g/mol. The minimum absolute atomic E-state index is 0.240. The zero-order valence-corrected chi connectivity index (χ0v) is 17.4. The van der Waals surface area contributed by atoms with Crippen LogP contribution in [0.3, 0.4) is 0 Å². The number of ether oxygens (including phenoxy) is 4. The summed E-state index contributed by atoms with van der Waals surface area (Å²) in [5.41, 5.74) is 2.54. The zero-order valence-electron chi connectivity index (χ0n) is 17.4. The number of fused-ring (bicyclic) bond motifs is 3. The second-order valence-electron chi connectivity index (χ2n) is 7.56. The van der Waals surface area contributed by atoms with Gasteiger partial charge in [0.25, 0.3) is 6.29 Å². The Kier molecular flexibility index (Phi) is 5.73. The summed E-state index contributed by atoms with van der Waals surface area (Å²) in [7, 11) is 0. The molecule has 0 fully saturated rings. The van der Waals surface area contributed by atoms with Crippen LogP contribution in [0.2, 0.25) is 0 Å². The van der Waals surface area contributed by atoms with E-state index in [2.05, 4.69) is 0 Å². The number of esters is 1. The Hall–Kier alpha value is -3.83. The molecule has 0 spiro atoms. The van der Waals surface area contributed by atoms with Crippen LogP contribution in [0.4, 0.5) is 0 Å². The van der Waals surface area contributed by atoms with Gasteiger partial charge in [-0.15, -0.1) is 0 Å². The number of hydrogen-bond donors (Lipinski definition) is 0. The number of benzene rings is 4. The van der Waals surface area contributed by atoms with Gasteiger partial charge >= 0.3 is 5.97 Å². The highest BCUT2D eigenvalue weighted by Crippen LogP contribution is 2.41. The molecule has 5 rings (SSSR count). The molecule has 160 valence electrons. The Balaban J connectivity index is 1.23. The minimum atomic E-state index is -0.505. The highest BCUT2D eigenvalue weighted by atomic mass is 16.7. The third kappa shape index (κ3) is 4.43. The van der Waals surface area contributed by atoms with Gasteiger partial charge in [0.1, 0.15) is 13.2 Å². The first-order chi connectivity index (χ1) is 15.8. The van der Waals surface area contributed by atoms with Crippen molar-refractivity contribution in [3.8, 4) is 11.5 Å². The van der Waals surface area contributed by atoms with Gasteiger partial charge in [-0.2, -0.15) is 0 Å². The minimum Gasteiger partial charge on any atom is -0.457 e. The van der Waals surface area contributed by atoms with Crippen molar-refractivity contribution in [2.75, 3.05) is 6.61 Å². The SMILES string of the molecule is O=C(OCc1ccccc1)c1ccc2c3c(ccc2c1)OC(COCc1ccccc1)O3. The van der Waals surface area contributed by atoms with Crippen molar-refractivity contribution in [3.63, 3.8) is 0 Å². The Morgan fingerprint density at radius 2 is 1.50 bits per heavy atom. The number of carbonyl (C=O) groups excluding carboxylic acids is 1. The molecule has 0 aliphatic carbocycles. The summed E-state index contributed by atoms with van der Waals surface area (Å²) in [5, 5.41) is 1.76. The topological polar surface area (TPSA) is 54.0 Å². The van der Waals surface area contributed by atoms with Gasteiger partial charge in [-0.3, -0.25) is 0 Å². The van der Waals surface area contributed by atoms with E-state index >= 15 is 0 Å². The van der Waals surface area contributed by atoms with E-state index in [9.17, 15) is 4.79 Å². The molecule has 4 aromatic carbocycles. The van der Waals surface area contributed by atoms with Crippen LogP contribution in [-0.4, -0.2) is 18.9 Å². The predicted octanol–water partition coefficient (Wildman–Crippen LogP) is 5.51. The monoisotopic (exact) mass is 426 g/mol. The molecule has 0 radical (unpaired) electrons. The van der Waals surface area contributed by atoms with Crippen LogP contribution < -0.4 is 9.47 Å². The lowest BCUT2D eigenvalue weighted by molar-refractivity contribution is -0.0379. The van der Waals surface area contributed by atoms with Gasteiger partial charge in [0.15, 0.2) is 11.5 Å². The van der Waals surface area contributed by atoms with Gasteiger partial charge in [0.2, 0.25) is 0 Å². The highest BCUT2D eigenvalue weighted by molar-refractivity contribution is 5.98. The molecule has 32 heavy (non-hydrogen) atoms. The third-order valence-corrected chi connectivity index (χ3v) is 5.26. The maximum atomic E-state index is 12.5. The Morgan fingerprint density at radius 3 is 2.25 bits per heavy atom. The van der Waals surface area contributed by atoms with Crippen LogP contribution in [0.15, 0.2) is 91.0 Å². The number of carbonyl (C=O) groups is 1. The van der Waals surface area contributed by atoms with Crippen molar-refractivity contribution in [1.82, 2.24) is 0 Å². The van der Waals surface area contributed by atoms with E-state index in [4.69, 9.17) is 18.9 Å². The molecule has 1 unspecified atom stereocenters. The molecule has 0 N–H and O–H groups in total. The molecule has 0 amide bonds. The molecule has 0 saturated carbocycles. The standard InChI is InChI=1S/C27H22O5/c28-27(30-17-20-9-5-2-6-10-20)22-11-13-23-21(15-22)12-14-24-26(23)32-25(31-24)18-29-16-19-7-3-1-4-8-19/h1-15,25H,16-18H2. The maximum absolute atomic E-state index is 12.5. The van der Waals surface area contributed by atoms with E-state index < -0.39 is 6.29 Å². The first-order valence-electron chi connectivity index (χ1n) is 10.5. The summed E-state index contributed by atoms with van der Waals surface area (Å²) >= 11 is 0. The van der Waals surface area contributed by atoms with Crippen molar-refractivity contribution < 1.29 is 23.7 Å². The van der Waals surface area contributed by atoms with Crippen molar-refractivity contribution in [3.05, 3.63) is 108 Å². The summed E-state index contributed by atoms with van der Waals surface area (Å²) in [6.45, 7) is 1.05. The molecule has 1 aliphatic heterocycles. The second-order valence-corrected chi connectivity index (χ2v) is 7.56. The van der Waals surface area contributed by atoms with E-state index in [1.54, 1.807) is 6.07 Å². The Morgan fingerprint density at radius 1 is 0.781 bits per heavy atom. The summed E-state index contributed by atoms with van der Waals surface area (Å²) in [4.78, 5) is 12.5. The fraction of sp³-hybridized carbons (Fsp3) is 0.148. The molecular formula is C27H22O5. The van der Waals surface area contributed by atoms with Crippen LogP contribution in [0, 0.1) is 0 Å². The lowest BCUT2D eigenvalue weighted by Gasteiger charge is -2.11. The molecule has 5 heteroatoms. The van der Waals surface area contributed by atoms with Gasteiger partial charge in [0.05, 0.1) is 12.2 Å². The van der Waals surface area contributed by atoms with Gasteiger partial charge < -0.3 is 18.9 Å². The smallest absolute Gasteiger partial charge is 0.338 e. The van der Waals surface area contributed by atoms with Crippen molar-refractivity contribution in [1.29, 1.82) is 0 Å². The van der Waals surface area contributed by atoms with Gasteiger partial charge in [-0.1, -0.05) is 66.7 Å². The van der Waals surface area contributed by atoms with E-state index in [0.717, 1.165) is 21.9 Å². The first-order valence-corrected chi connectivity index (χ1v) is 10.5. The zero-order chi connectivity index (χ0) is 21.8. The molecule has 1 atom stereocenters. The number of hydrogen-bond acceptors (Lipinski definition) is 5. The normalized spacial score (nSPS) is 14.4. The van der Waals surface area contributed by atoms with Crippen LogP contribution in [0.25, 0.3) is 10.8 Å². The first kappa shape index (κ1) is 20.1. The van der Waals surface area contributed by atoms with E-state index in [-0.39, 0.29) is 12.6 Å². The highest BCUT2D eigenvalue weighted by Gasteiger charge is 2.26. The molecule has 0 bridgehead atoms. The molecule has 0 saturated heterocycles. The summed E-state index contributed by atoms with van der Waals surface area (Å²) in [6, 6.07) is 28.8. The van der Waals surface area contributed by atoms with Crippen LogP contribution in [0.5, 0.6) is 11.5 Å². The van der Waals surface area contributed by atoms with Crippen molar-refractivity contribution in [2.24, 2.45) is 0 Å². The lowest BCUT2D eigenvalue weighted by atomic mass is 10.1. The summed E-state index contributed by atoms with van der Waals surface area (Å²) in [5.74, 6) is 0.978. The van der Waals surface area contributed by atoms with Gasteiger partial charge in [0, 0.05) is 5.39 Å². The molecule has 1 heterocycles. The van der Waals surface area contributed by atoms with E-state index in [1.165, 1.54) is 0 Å². The Bertz CT molecular complexity index is 1220. The molecule has 1 aliphatic rings. The van der Waals surface area contributed by atoms with E-state index in [0.29, 0.717) is 30.3 Å². The molecule has 5 nitrogen and oxygen atoms in total. The van der Waals surface area contributed by atoms with Gasteiger partial charge in [-0.25, -0.2) is 4.79 Å². The molecule has 4 aromatic rings. The van der Waals surface area contributed by atoms with Gasteiger partial charge in [-0.05, 0) is 40.8 Å². The quantitative estimate of drug-likeness (QED) is 0.365. The predicted molar refractivity (Wildman–Crippen MR) is 121 cm³/mol. The van der Waals surface area contributed by atoms with Crippen LogP contribution in [-0.2, 0) is 22.7 Å². The average Bonchev–Trinajstić information content (AvgIpc) is 3.27. The molecule has 0 aromatic heterocycles.